The Balaban J connectivity index is 1.75. The first-order valence-electron chi connectivity index (χ1n) is 10.5. The van der Waals surface area contributed by atoms with Gasteiger partial charge in [0.1, 0.15) is 11.4 Å². The summed E-state index contributed by atoms with van der Waals surface area (Å²) in [4.78, 5) is 12.7. The van der Waals surface area contributed by atoms with Crippen LogP contribution in [0, 0.1) is 30.6 Å². The molecule has 3 rings (SSSR count). The van der Waals surface area contributed by atoms with Gasteiger partial charge < -0.3 is 0 Å². The topological polar surface area (TPSA) is 105 Å². The van der Waals surface area contributed by atoms with Crippen molar-refractivity contribution < 1.29 is 13.2 Å². The lowest BCUT2D eigenvalue weighted by atomic mass is 9.70. The molecule has 2 saturated carbocycles. The van der Waals surface area contributed by atoms with Crippen molar-refractivity contribution in [1.82, 2.24) is 19.9 Å². The maximum Gasteiger partial charge on any atom is 0.261 e. The van der Waals surface area contributed by atoms with Gasteiger partial charge in [0.15, 0.2) is 0 Å². The Labute approximate surface area is 179 Å². The summed E-state index contributed by atoms with van der Waals surface area (Å²) in [5, 5.41) is 8.76. The number of aryl methyl sites for hydroxylation is 1. The maximum atomic E-state index is 12.8. The number of amides is 1. The quantitative estimate of drug-likeness (QED) is 0.691. The minimum atomic E-state index is -3.74. The molecule has 0 aromatic carbocycles. The second-order valence-electron chi connectivity index (χ2n) is 10.6. The minimum Gasteiger partial charge on any atom is -0.271 e. The third-order valence-corrected chi connectivity index (χ3v) is 9.15. The van der Waals surface area contributed by atoms with E-state index >= 15 is 0 Å². The zero-order chi connectivity index (χ0) is 22.7. The number of carbonyl (C=O) groups excluding carboxylic acids is 1. The van der Waals surface area contributed by atoms with Gasteiger partial charge in [0.2, 0.25) is 10.0 Å². The van der Waals surface area contributed by atoms with Crippen LogP contribution in [0.1, 0.15) is 72.2 Å². The van der Waals surface area contributed by atoms with Gasteiger partial charge in [-0.15, -0.1) is 0 Å². The molecule has 8 nitrogen and oxygen atoms in total. The van der Waals surface area contributed by atoms with Gasteiger partial charge in [-0.25, -0.2) is 18.6 Å². The largest absolute Gasteiger partial charge is 0.271 e. The fourth-order valence-corrected chi connectivity index (χ4v) is 6.91. The normalized spacial score (nSPS) is 27.1. The number of hydrogen-bond donors (Lipinski definition) is 2. The second-order valence-corrected chi connectivity index (χ2v) is 12.2. The maximum absolute atomic E-state index is 12.8. The molecule has 168 valence electrons. The predicted octanol–water partition coefficient (Wildman–Crippen LogP) is 2.90. The highest BCUT2D eigenvalue weighted by Crippen LogP contribution is 2.63. The Morgan fingerprint density at radius 3 is 2.40 bits per heavy atom. The molecule has 30 heavy (non-hydrogen) atoms. The van der Waals surface area contributed by atoms with Gasteiger partial charge in [-0.2, -0.15) is 10.2 Å². The number of nitrogens with zero attached hydrogens (tertiary/aromatic N) is 3. The molecule has 2 aliphatic carbocycles. The molecule has 9 heteroatoms. The van der Waals surface area contributed by atoms with Crippen molar-refractivity contribution in [2.75, 3.05) is 0 Å². The SMILES string of the molecule is Cc1nn(CC(=O)NN=C2CC3CCC2(C)C3(C)C)c(C)c1S(=O)(=O)NC(C)(C)C. The molecule has 2 unspecified atom stereocenters. The number of carbonyl (C=O) groups is 1. The lowest BCUT2D eigenvalue weighted by molar-refractivity contribution is -0.121. The van der Waals surface area contributed by atoms with Gasteiger partial charge in [-0.3, -0.25) is 9.48 Å². The lowest BCUT2D eigenvalue weighted by Crippen LogP contribution is -2.40. The van der Waals surface area contributed by atoms with E-state index < -0.39 is 15.6 Å². The van der Waals surface area contributed by atoms with E-state index in [2.05, 4.69) is 41.1 Å². The molecule has 2 bridgehead atoms. The minimum absolute atomic E-state index is 0.0169. The molecule has 0 radical (unpaired) electrons. The predicted molar refractivity (Wildman–Crippen MR) is 117 cm³/mol. The molecule has 1 heterocycles. The molecule has 1 aromatic heterocycles. The van der Waals surface area contributed by atoms with E-state index in [1.807, 2.05) is 0 Å². The van der Waals surface area contributed by atoms with E-state index in [1.54, 1.807) is 34.6 Å². The average Bonchev–Trinajstić information content (AvgIpc) is 3.04. The van der Waals surface area contributed by atoms with Gasteiger partial charge in [0, 0.05) is 16.7 Å². The molecular formula is C21H35N5O3S. The summed E-state index contributed by atoms with van der Waals surface area (Å²) >= 11 is 0. The van der Waals surface area contributed by atoms with E-state index in [1.165, 1.54) is 11.1 Å². The van der Waals surface area contributed by atoms with Crippen LogP contribution in [0.3, 0.4) is 0 Å². The Hall–Kier alpha value is -1.74. The summed E-state index contributed by atoms with van der Waals surface area (Å²) in [6.45, 7) is 15.4. The molecule has 2 aliphatic rings. The van der Waals surface area contributed by atoms with E-state index in [0.29, 0.717) is 17.3 Å². The lowest BCUT2D eigenvalue weighted by Gasteiger charge is -2.34. The highest BCUT2D eigenvalue weighted by Gasteiger charge is 2.60. The first-order chi connectivity index (χ1) is 13.6. The number of fused-ring (bicyclic) bond motifs is 2. The van der Waals surface area contributed by atoms with Crippen LogP contribution in [0.15, 0.2) is 10.00 Å². The molecule has 1 amide bonds. The summed E-state index contributed by atoms with van der Waals surface area (Å²) in [5.41, 5.74) is 4.13. The highest BCUT2D eigenvalue weighted by atomic mass is 32.2. The second kappa shape index (κ2) is 7.15. The Morgan fingerprint density at radius 1 is 1.27 bits per heavy atom. The van der Waals surface area contributed by atoms with Gasteiger partial charge >= 0.3 is 0 Å². The average molecular weight is 438 g/mol. The monoisotopic (exact) mass is 437 g/mol. The molecule has 1 aromatic rings. The molecule has 2 fully saturated rings. The highest BCUT2D eigenvalue weighted by molar-refractivity contribution is 7.89. The molecule has 0 saturated heterocycles. The molecule has 2 atom stereocenters. The zero-order valence-electron chi connectivity index (χ0n) is 19.4. The Kier molecular flexibility index (Phi) is 5.47. The number of rotatable bonds is 5. The number of hydrazone groups is 1. The molecule has 2 N–H and O–H groups in total. The number of hydrogen-bond acceptors (Lipinski definition) is 5. The summed E-state index contributed by atoms with van der Waals surface area (Å²) in [7, 11) is -3.74. The number of nitrogens with one attached hydrogen (secondary N) is 2. The van der Waals surface area contributed by atoms with Crippen LogP contribution in [0.2, 0.25) is 0 Å². The van der Waals surface area contributed by atoms with Crippen LogP contribution >= 0.6 is 0 Å². The Bertz CT molecular complexity index is 1000. The number of aromatic nitrogens is 2. The van der Waals surface area contributed by atoms with Gasteiger partial charge in [0.05, 0.1) is 11.4 Å². The van der Waals surface area contributed by atoms with E-state index in [9.17, 15) is 13.2 Å². The summed E-state index contributed by atoms with van der Waals surface area (Å²) in [5.74, 6) is 0.294. The third-order valence-electron chi connectivity index (χ3n) is 7.15. The van der Waals surface area contributed by atoms with Gasteiger partial charge in [0.25, 0.3) is 5.91 Å². The number of sulfonamides is 1. The van der Waals surface area contributed by atoms with Crippen molar-refractivity contribution >= 4 is 21.6 Å². The van der Waals surface area contributed by atoms with E-state index in [-0.39, 0.29) is 28.2 Å². The van der Waals surface area contributed by atoms with Crippen LogP contribution in [0.4, 0.5) is 0 Å². The smallest absolute Gasteiger partial charge is 0.261 e. The fraction of sp³-hybridized carbons (Fsp3) is 0.762. The summed E-state index contributed by atoms with van der Waals surface area (Å²) < 4.78 is 29.6. The third kappa shape index (κ3) is 3.82. The van der Waals surface area contributed by atoms with Crippen LogP contribution < -0.4 is 10.1 Å². The van der Waals surface area contributed by atoms with Gasteiger partial charge in [-0.05, 0) is 65.2 Å². The molecule has 0 spiro atoms. The molecule has 0 aliphatic heterocycles. The van der Waals surface area contributed by atoms with Crippen molar-refractivity contribution in [3.63, 3.8) is 0 Å². The summed E-state index contributed by atoms with van der Waals surface area (Å²) in [6, 6.07) is 0. The van der Waals surface area contributed by atoms with Crippen LogP contribution in [-0.2, 0) is 21.4 Å². The van der Waals surface area contributed by atoms with Crippen molar-refractivity contribution in [3.8, 4) is 0 Å². The Morgan fingerprint density at radius 2 is 1.90 bits per heavy atom. The van der Waals surface area contributed by atoms with E-state index in [4.69, 9.17) is 0 Å². The van der Waals surface area contributed by atoms with Crippen molar-refractivity contribution in [2.45, 2.75) is 91.6 Å². The van der Waals surface area contributed by atoms with E-state index in [0.717, 1.165) is 18.6 Å². The summed E-state index contributed by atoms with van der Waals surface area (Å²) in [6.07, 6.45) is 3.23. The first kappa shape index (κ1) is 22.9. The first-order valence-corrected chi connectivity index (χ1v) is 12.0. The van der Waals surface area contributed by atoms with Crippen LogP contribution in [0.25, 0.3) is 0 Å². The standard InChI is InChI=1S/C21H35N5O3S/c1-13-18(30(28,29)25-19(3,4)5)14(2)26(24-13)12-17(27)23-22-16-11-15-9-10-21(16,8)20(15,6)7/h15,25H,9-12H2,1-8H3,(H,23,27). The van der Waals surface area contributed by atoms with Crippen molar-refractivity contribution in [1.29, 1.82) is 0 Å². The van der Waals surface area contributed by atoms with Crippen molar-refractivity contribution in [3.05, 3.63) is 11.4 Å². The molecular weight excluding hydrogens is 402 g/mol. The van der Waals surface area contributed by atoms with Gasteiger partial charge in [-0.1, -0.05) is 20.8 Å². The fourth-order valence-electron chi connectivity index (χ4n) is 5.08. The van der Waals surface area contributed by atoms with Crippen LogP contribution in [0.5, 0.6) is 0 Å². The zero-order valence-corrected chi connectivity index (χ0v) is 20.2. The van der Waals surface area contributed by atoms with Crippen LogP contribution in [-0.4, -0.2) is 35.4 Å². The van der Waals surface area contributed by atoms with Crippen molar-refractivity contribution in [2.24, 2.45) is 21.8 Å².